The molecule has 1 aromatic rings. The summed E-state index contributed by atoms with van der Waals surface area (Å²) in [5, 5.41) is 0. The van der Waals surface area contributed by atoms with Gasteiger partial charge in [-0.05, 0) is 12.1 Å². The van der Waals surface area contributed by atoms with E-state index < -0.39 is 6.43 Å². The lowest BCUT2D eigenvalue weighted by Gasteiger charge is -1.97. The standard InChI is InChI=1S/C10H9F2N/c11-10(12)9-5-3-8(4-6-9)2-1-7-13/h3-6,10H,7,13H2. The third-order valence-corrected chi connectivity index (χ3v) is 1.50. The SMILES string of the molecule is NCC#Cc1ccc(C(F)F)cc1. The van der Waals surface area contributed by atoms with Crippen molar-refractivity contribution in [1.82, 2.24) is 0 Å². The van der Waals surface area contributed by atoms with Gasteiger partial charge in [-0.1, -0.05) is 24.0 Å². The predicted octanol–water partition coefficient (Wildman–Crippen LogP) is 1.93. The molecule has 0 atom stereocenters. The number of hydrogen-bond acceptors (Lipinski definition) is 1. The molecule has 0 aliphatic heterocycles. The summed E-state index contributed by atoms with van der Waals surface area (Å²) < 4.78 is 24.2. The molecule has 68 valence electrons. The van der Waals surface area contributed by atoms with Gasteiger partial charge in [0.15, 0.2) is 0 Å². The fraction of sp³-hybridized carbons (Fsp3) is 0.200. The molecule has 0 fully saturated rings. The molecule has 13 heavy (non-hydrogen) atoms. The summed E-state index contributed by atoms with van der Waals surface area (Å²) in [6, 6.07) is 5.85. The van der Waals surface area contributed by atoms with Crippen LogP contribution in [0.2, 0.25) is 0 Å². The van der Waals surface area contributed by atoms with Crippen LogP contribution in [-0.4, -0.2) is 6.54 Å². The van der Waals surface area contributed by atoms with E-state index in [1.54, 1.807) is 12.1 Å². The summed E-state index contributed by atoms with van der Waals surface area (Å²) >= 11 is 0. The van der Waals surface area contributed by atoms with Crippen molar-refractivity contribution in [3.05, 3.63) is 35.4 Å². The Morgan fingerprint density at radius 1 is 1.23 bits per heavy atom. The highest BCUT2D eigenvalue weighted by atomic mass is 19.3. The highest BCUT2D eigenvalue weighted by Crippen LogP contribution is 2.18. The van der Waals surface area contributed by atoms with E-state index in [1.165, 1.54) is 12.1 Å². The van der Waals surface area contributed by atoms with Gasteiger partial charge in [-0.25, -0.2) is 8.78 Å². The number of rotatable bonds is 1. The molecule has 0 unspecified atom stereocenters. The van der Waals surface area contributed by atoms with Crippen molar-refractivity contribution < 1.29 is 8.78 Å². The number of benzene rings is 1. The van der Waals surface area contributed by atoms with E-state index >= 15 is 0 Å². The van der Waals surface area contributed by atoms with E-state index in [9.17, 15) is 8.78 Å². The lowest BCUT2D eigenvalue weighted by atomic mass is 10.1. The Balaban J connectivity index is 2.81. The highest BCUT2D eigenvalue weighted by molar-refractivity contribution is 5.36. The zero-order valence-corrected chi connectivity index (χ0v) is 6.93. The molecule has 0 spiro atoms. The van der Waals surface area contributed by atoms with Gasteiger partial charge >= 0.3 is 0 Å². The van der Waals surface area contributed by atoms with E-state index in [2.05, 4.69) is 11.8 Å². The molecule has 0 aliphatic rings. The molecule has 1 rings (SSSR count). The van der Waals surface area contributed by atoms with Crippen molar-refractivity contribution in [3.8, 4) is 11.8 Å². The Bertz CT molecular complexity index is 319. The first kappa shape index (κ1) is 9.69. The molecule has 0 aliphatic carbocycles. The van der Waals surface area contributed by atoms with Crippen molar-refractivity contribution >= 4 is 0 Å². The molecule has 3 heteroatoms. The average Bonchev–Trinajstić information content (AvgIpc) is 2.15. The van der Waals surface area contributed by atoms with E-state index in [4.69, 9.17) is 5.73 Å². The molecule has 1 aromatic carbocycles. The maximum absolute atomic E-state index is 12.1. The van der Waals surface area contributed by atoms with Gasteiger partial charge in [-0.2, -0.15) is 0 Å². The average molecular weight is 181 g/mol. The fourth-order valence-electron chi connectivity index (χ4n) is 0.865. The summed E-state index contributed by atoms with van der Waals surface area (Å²) in [6.07, 6.45) is -2.42. The molecule has 0 heterocycles. The van der Waals surface area contributed by atoms with Crippen molar-refractivity contribution in [3.63, 3.8) is 0 Å². The second-order valence-electron chi connectivity index (χ2n) is 2.43. The molecule has 0 bridgehead atoms. The van der Waals surface area contributed by atoms with Gasteiger partial charge in [0.25, 0.3) is 6.43 Å². The van der Waals surface area contributed by atoms with Gasteiger partial charge < -0.3 is 5.73 Å². The Morgan fingerprint density at radius 2 is 1.85 bits per heavy atom. The summed E-state index contributed by atoms with van der Waals surface area (Å²) in [5.41, 5.74) is 5.88. The van der Waals surface area contributed by atoms with Gasteiger partial charge in [-0.3, -0.25) is 0 Å². The minimum atomic E-state index is -2.42. The maximum Gasteiger partial charge on any atom is 0.263 e. The molecule has 2 N–H and O–H groups in total. The van der Waals surface area contributed by atoms with Crippen LogP contribution in [0.4, 0.5) is 8.78 Å². The third-order valence-electron chi connectivity index (χ3n) is 1.50. The molecule has 0 radical (unpaired) electrons. The third kappa shape index (κ3) is 2.85. The quantitative estimate of drug-likeness (QED) is 0.658. The van der Waals surface area contributed by atoms with Crippen molar-refractivity contribution in [2.75, 3.05) is 6.54 Å². The smallest absolute Gasteiger partial charge is 0.263 e. The van der Waals surface area contributed by atoms with Crippen LogP contribution in [-0.2, 0) is 0 Å². The number of halogens is 2. The molecule has 0 aromatic heterocycles. The second kappa shape index (κ2) is 4.58. The van der Waals surface area contributed by atoms with Gasteiger partial charge in [0.1, 0.15) is 0 Å². The van der Waals surface area contributed by atoms with Crippen molar-refractivity contribution in [1.29, 1.82) is 0 Å². The summed E-state index contributed by atoms with van der Waals surface area (Å²) in [7, 11) is 0. The summed E-state index contributed by atoms with van der Waals surface area (Å²) in [6.45, 7) is 0.274. The van der Waals surface area contributed by atoms with Crippen LogP contribution in [0.15, 0.2) is 24.3 Å². The van der Waals surface area contributed by atoms with Crippen molar-refractivity contribution in [2.24, 2.45) is 5.73 Å². The van der Waals surface area contributed by atoms with E-state index in [-0.39, 0.29) is 12.1 Å². The first-order chi connectivity index (χ1) is 6.24. The molecule has 1 nitrogen and oxygen atoms in total. The lowest BCUT2D eigenvalue weighted by molar-refractivity contribution is 0.151. The van der Waals surface area contributed by atoms with Crippen molar-refractivity contribution in [2.45, 2.75) is 6.43 Å². The first-order valence-corrected chi connectivity index (χ1v) is 3.81. The highest BCUT2D eigenvalue weighted by Gasteiger charge is 2.04. The second-order valence-corrected chi connectivity index (χ2v) is 2.43. The summed E-state index contributed by atoms with van der Waals surface area (Å²) in [5.74, 6) is 5.39. The molecule has 0 saturated heterocycles. The van der Waals surface area contributed by atoms with Gasteiger partial charge in [0.05, 0.1) is 6.54 Å². The molecular weight excluding hydrogens is 172 g/mol. The van der Waals surface area contributed by atoms with Gasteiger partial charge in [0.2, 0.25) is 0 Å². The van der Waals surface area contributed by atoms with Crippen LogP contribution < -0.4 is 5.73 Å². The maximum atomic E-state index is 12.1. The normalized spacial score (nSPS) is 9.54. The van der Waals surface area contributed by atoms with E-state index in [0.29, 0.717) is 5.56 Å². The number of alkyl halides is 2. The van der Waals surface area contributed by atoms with Crippen LogP contribution in [0.25, 0.3) is 0 Å². The Morgan fingerprint density at radius 3 is 2.31 bits per heavy atom. The molecule has 0 amide bonds. The predicted molar refractivity (Wildman–Crippen MR) is 47.3 cm³/mol. The Kier molecular flexibility index (Phi) is 3.41. The monoisotopic (exact) mass is 181 g/mol. The van der Waals surface area contributed by atoms with Crippen LogP contribution in [0.3, 0.4) is 0 Å². The lowest BCUT2D eigenvalue weighted by Crippen LogP contribution is -1.93. The van der Waals surface area contributed by atoms with Gasteiger partial charge in [0, 0.05) is 11.1 Å². The van der Waals surface area contributed by atoms with Crippen LogP contribution in [0, 0.1) is 11.8 Å². The fourth-order valence-corrected chi connectivity index (χ4v) is 0.865. The first-order valence-electron chi connectivity index (χ1n) is 3.81. The Labute approximate surface area is 75.6 Å². The van der Waals surface area contributed by atoms with Crippen LogP contribution in [0.1, 0.15) is 17.6 Å². The van der Waals surface area contributed by atoms with E-state index in [1.807, 2.05) is 0 Å². The van der Waals surface area contributed by atoms with E-state index in [0.717, 1.165) is 0 Å². The minimum absolute atomic E-state index is 0.0123. The van der Waals surface area contributed by atoms with Crippen LogP contribution >= 0.6 is 0 Å². The summed E-state index contributed by atoms with van der Waals surface area (Å²) in [4.78, 5) is 0. The van der Waals surface area contributed by atoms with Gasteiger partial charge in [-0.15, -0.1) is 0 Å². The Hall–Kier alpha value is -1.40. The largest absolute Gasteiger partial charge is 0.320 e. The minimum Gasteiger partial charge on any atom is -0.320 e. The molecule has 0 saturated carbocycles. The number of hydrogen-bond donors (Lipinski definition) is 1. The van der Waals surface area contributed by atoms with Crippen LogP contribution in [0.5, 0.6) is 0 Å². The zero-order chi connectivity index (χ0) is 9.68. The number of nitrogens with two attached hydrogens (primary N) is 1. The zero-order valence-electron chi connectivity index (χ0n) is 6.93. The molecular formula is C10H9F2N. The topological polar surface area (TPSA) is 26.0 Å².